The topological polar surface area (TPSA) is 29.3 Å². The first-order valence-electron chi connectivity index (χ1n) is 7.14. The van der Waals surface area contributed by atoms with E-state index in [-0.39, 0.29) is 0 Å². The van der Waals surface area contributed by atoms with Crippen LogP contribution in [0.25, 0.3) is 0 Å². The molecular weight excluding hydrogens is 196 g/mol. The van der Waals surface area contributed by atoms with E-state index in [1.807, 2.05) is 0 Å². The summed E-state index contributed by atoms with van der Waals surface area (Å²) < 4.78 is 0. The first-order valence-corrected chi connectivity index (χ1v) is 7.14. The van der Waals surface area contributed by atoms with Crippen LogP contribution in [0.5, 0.6) is 0 Å². The molecule has 0 radical (unpaired) electrons. The average Bonchev–Trinajstić information content (AvgIpc) is 2.29. The number of nitrogens with zero attached hydrogens (tertiary/aromatic N) is 1. The Bertz CT molecular complexity index is 182. The van der Waals surface area contributed by atoms with Crippen LogP contribution in [0, 0.1) is 5.92 Å². The SMILES string of the molecule is CCCCCC(C)N1CCC(C)CC1CN. The third kappa shape index (κ3) is 4.06. The molecule has 0 aromatic rings. The molecule has 1 rings (SSSR count). The Morgan fingerprint density at radius 1 is 1.38 bits per heavy atom. The highest BCUT2D eigenvalue weighted by atomic mass is 15.2. The molecule has 3 unspecified atom stereocenters. The van der Waals surface area contributed by atoms with Gasteiger partial charge in [-0.2, -0.15) is 0 Å². The van der Waals surface area contributed by atoms with Crippen molar-refractivity contribution in [2.75, 3.05) is 13.1 Å². The van der Waals surface area contributed by atoms with Gasteiger partial charge in [-0.3, -0.25) is 4.90 Å². The zero-order chi connectivity index (χ0) is 12.0. The maximum absolute atomic E-state index is 5.91. The molecule has 0 aromatic carbocycles. The van der Waals surface area contributed by atoms with Crippen molar-refractivity contribution in [1.29, 1.82) is 0 Å². The summed E-state index contributed by atoms with van der Waals surface area (Å²) in [6.07, 6.45) is 8.08. The van der Waals surface area contributed by atoms with Crippen molar-refractivity contribution in [2.24, 2.45) is 11.7 Å². The van der Waals surface area contributed by atoms with Gasteiger partial charge in [0.1, 0.15) is 0 Å². The monoisotopic (exact) mass is 226 g/mol. The molecule has 0 aliphatic carbocycles. The van der Waals surface area contributed by atoms with Crippen molar-refractivity contribution in [1.82, 2.24) is 4.90 Å². The molecule has 0 spiro atoms. The van der Waals surface area contributed by atoms with Gasteiger partial charge < -0.3 is 5.73 Å². The first kappa shape index (κ1) is 14.0. The van der Waals surface area contributed by atoms with Crippen LogP contribution < -0.4 is 5.73 Å². The Kier molecular flexibility index (Phi) is 6.37. The predicted molar refractivity (Wildman–Crippen MR) is 71.6 cm³/mol. The highest BCUT2D eigenvalue weighted by molar-refractivity contribution is 4.84. The van der Waals surface area contributed by atoms with Crippen molar-refractivity contribution in [3.05, 3.63) is 0 Å². The lowest BCUT2D eigenvalue weighted by Crippen LogP contribution is -2.50. The van der Waals surface area contributed by atoms with E-state index in [4.69, 9.17) is 5.73 Å². The summed E-state index contributed by atoms with van der Waals surface area (Å²) in [5, 5.41) is 0. The van der Waals surface area contributed by atoms with Gasteiger partial charge in [-0.05, 0) is 38.6 Å². The van der Waals surface area contributed by atoms with E-state index in [1.54, 1.807) is 0 Å². The second kappa shape index (κ2) is 7.29. The van der Waals surface area contributed by atoms with Crippen LogP contribution >= 0.6 is 0 Å². The van der Waals surface area contributed by atoms with Crippen molar-refractivity contribution < 1.29 is 0 Å². The molecule has 0 aromatic heterocycles. The Morgan fingerprint density at radius 3 is 2.75 bits per heavy atom. The molecule has 2 N–H and O–H groups in total. The van der Waals surface area contributed by atoms with Crippen LogP contribution in [0.1, 0.15) is 59.3 Å². The fourth-order valence-corrected chi connectivity index (χ4v) is 2.94. The van der Waals surface area contributed by atoms with Gasteiger partial charge >= 0.3 is 0 Å². The highest BCUT2D eigenvalue weighted by Crippen LogP contribution is 2.25. The standard InChI is InChI=1S/C14H30N2/c1-4-5-6-7-13(3)16-9-8-12(2)10-14(16)11-15/h12-14H,4-11,15H2,1-3H3. The van der Waals surface area contributed by atoms with Crippen LogP contribution in [0.15, 0.2) is 0 Å². The van der Waals surface area contributed by atoms with Crippen molar-refractivity contribution in [3.8, 4) is 0 Å². The number of hydrogen-bond acceptors (Lipinski definition) is 2. The van der Waals surface area contributed by atoms with E-state index in [2.05, 4.69) is 25.7 Å². The Hall–Kier alpha value is -0.0800. The molecule has 0 amide bonds. The van der Waals surface area contributed by atoms with Gasteiger partial charge in [-0.25, -0.2) is 0 Å². The normalized spacial score (nSPS) is 29.2. The van der Waals surface area contributed by atoms with Gasteiger partial charge in [0, 0.05) is 18.6 Å². The Balaban J connectivity index is 2.37. The molecule has 1 fully saturated rings. The summed E-state index contributed by atoms with van der Waals surface area (Å²) in [4.78, 5) is 2.66. The second-order valence-electron chi connectivity index (χ2n) is 5.60. The molecule has 16 heavy (non-hydrogen) atoms. The molecule has 1 aliphatic rings. The molecule has 0 bridgehead atoms. The number of unbranched alkanes of at least 4 members (excludes halogenated alkanes) is 2. The smallest absolute Gasteiger partial charge is 0.0223 e. The lowest BCUT2D eigenvalue weighted by molar-refractivity contribution is 0.0784. The molecule has 1 saturated heterocycles. The van der Waals surface area contributed by atoms with Crippen LogP contribution in [0.4, 0.5) is 0 Å². The molecule has 96 valence electrons. The largest absolute Gasteiger partial charge is 0.329 e. The lowest BCUT2D eigenvalue weighted by atomic mass is 9.90. The summed E-state index contributed by atoms with van der Waals surface area (Å²) in [5.74, 6) is 0.868. The van der Waals surface area contributed by atoms with Gasteiger partial charge in [0.15, 0.2) is 0 Å². The minimum Gasteiger partial charge on any atom is -0.329 e. The van der Waals surface area contributed by atoms with E-state index < -0.39 is 0 Å². The van der Waals surface area contributed by atoms with Crippen molar-refractivity contribution in [3.63, 3.8) is 0 Å². The molecule has 2 nitrogen and oxygen atoms in total. The number of rotatable bonds is 6. The van der Waals surface area contributed by atoms with E-state index >= 15 is 0 Å². The van der Waals surface area contributed by atoms with Crippen molar-refractivity contribution >= 4 is 0 Å². The predicted octanol–water partition coefficient (Wildman–Crippen LogP) is 3.01. The zero-order valence-corrected chi connectivity index (χ0v) is 11.4. The van der Waals surface area contributed by atoms with Crippen LogP contribution in [0.3, 0.4) is 0 Å². The second-order valence-corrected chi connectivity index (χ2v) is 5.60. The van der Waals surface area contributed by atoms with Crippen LogP contribution in [-0.4, -0.2) is 30.1 Å². The minimum atomic E-state index is 0.639. The quantitative estimate of drug-likeness (QED) is 0.705. The molecular formula is C14H30N2. The van der Waals surface area contributed by atoms with E-state index in [9.17, 15) is 0 Å². The third-order valence-corrected chi connectivity index (χ3v) is 4.09. The molecule has 1 aliphatic heterocycles. The fraction of sp³-hybridized carbons (Fsp3) is 1.00. The third-order valence-electron chi connectivity index (χ3n) is 4.09. The van der Waals surface area contributed by atoms with Gasteiger partial charge in [-0.15, -0.1) is 0 Å². The maximum atomic E-state index is 5.91. The zero-order valence-electron chi connectivity index (χ0n) is 11.4. The van der Waals surface area contributed by atoms with E-state index in [0.717, 1.165) is 18.5 Å². The van der Waals surface area contributed by atoms with Gasteiger partial charge in [0.05, 0.1) is 0 Å². The summed E-state index contributed by atoms with van der Waals surface area (Å²) in [6.45, 7) is 9.12. The minimum absolute atomic E-state index is 0.639. The van der Waals surface area contributed by atoms with E-state index in [1.165, 1.54) is 45.1 Å². The summed E-state index contributed by atoms with van der Waals surface area (Å²) in [7, 11) is 0. The van der Waals surface area contributed by atoms with Gasteiger partial charge in [0.2, 0.25) is 0 Å². The average molecular weight is 226 g/mol. The van der Waals surface area contributed by atoms with Crippen LogP contribution in [-0.2, 0) is 0 Å². The number of nitrogens with two attached hydrogens (primary N) is 1. The fourth-order valence-electron chi connectivity index (χ4n) is 2.94. The Labute approximate surface area is 102 Å². The van der Waals surface area contributed by atoms with Crippen LogP contribution in [0.2, 0.25) is 0 Å². The molecule has 3 atom stereocenters. The van der Waals surface area contributed by atoms with E-state index in [0.29, 0.717) is 6.04 Å². The van der Waals surface area contributed by atoms with Gasteiger partial charge in [-0.1, -0.05) is 33.1 Å². The summed E-state index contributed by atoms with van der Waals surface area (Å²) in [5.41, 5.74) is 5.91. The van der Waals surface area contributed by atoms with Gasteiger partial charge in [0.25, 0.3) is 0 Å². The number of hydrogen-bond donors (Lipinski definition) is 1. The molecule has 2 heteroatoms. The van der Waals surface area contributed by atoms with Crippen molar-refractivity contribution in [2.45, 2.75) is 71.4 Å². The first-order chi connectivity index (χ1) is 7.69. The highest BCUT2D eigenvalue weighted by Gasteiger charge is 2.28. The lowest BCUT2D eigenvalue weighted by Gasteiger charge is -2.41. The Morgan fingerprint density at radius 2 is 2.12 bits per heavy atom. The number of likely N-dealkylation sites (tertiary alicyclic amines) is 1. The summed E-state index contributed by atoms with van der Waals surface area (Å²) >= 11 is 0. The number of piperidine rings is 1. The molecule has 1 heterocycles. The maximum Gasteiger partial charge on any atom is 0.0223 e. The summed E-state index contributed by atoms with van der Waals surface area (Å²) in [6, 6.07) is 1.37. The molecule has 0 saturated carbocycles.